The van der Waals surface area contributed by atoms with Gasteiger partial charge in [0.2, 0.25) is 5.91 Å². The molecule has 2 aromatic heterocycles. The number of carbonyl (C=O) groups is 1. The quantitative estimate of drug-likeness (QED) is 0.191. The largest absolute Gasteiger partial charge is 0.333 e. The molecule has 42 heavy (non-hydrogen) atoms. The Bertz CT molecular complexity index is 1660. The van der Waals surface area contributed by atoms with Gasteiger partial charge in [-0.15, -0.1) is 22.7 Å². The van der Waals surface area contributed by atoms with Crippen LogP contribution in [0.5, 0.6) is 0 Å². The topological polar surface area (TPSA) is 49.3 Å². The molecule has 7 heteroatoms. The number of hydrogen-bond donors (Lipinski definition) is 0. The third-order valence-corrected chi connectivity index (χ3v) is 10.9. The standard InChI is InChI=1S/C35H34N4OS2/c1-38-19-5-9-29(38)34-36-22-31(41-34)27-15-11-25(12-16-27)26-13-17-28(18-14-26)32-23-37-35(42-32)30-10-6-20-39(30)33(40)21-24-7-3-2-4-8-24/h2-4,7-8,11-18,22-23,29-30H,5-6,9-10,19-21H2,1H3/t29-,30-/m1/s1. The summed E-state index contributed by atoms with van der Waals surface area (Å²) in [4.78, 5) is 29.5. The van der Waals surface area contributed by atoms with Gasteiger partial charge in [0.05, 0.1) is 28.3 Å². The van der Waals surface area contributed by atoms with E-state index in [2.05, 4.69) is 60.5 Å². The van der Waals surface area contributed by atoms with Gasteiger partial charge in [-0.2, -0.15) is 0 Å². The van der Waals surface area contributed by atoms with Gasteiger partial charge in [0.25, 0.3) is 0 Å². The van der Waals surface area contributed by atoms with Crippen molar-refractivity contribution in [3.63, 3.8) is 0 Å². The summed E-state index contributed by atoms with van der Waals surface area (Å²) in [5.74, 6) is 0.188. The van der Waals surface area contributed by atoms with Crippen LogP contribution in [0.3, 0.4) is 0 Å². The molecule has 212 valence electrons. The lowest BCUT2D eigenvalue weighted by Gasteiger charge is -2.23. The van der Waals surface area contributed by atoms with Crippen LogP contribution in [-0.2, 0) is 11.2 Å². The van der Waals surface area contributed by atoms with Gasteiger partial charge in [-0.05, 0) is 67.1 Å². The molecule has 0 saturated carbocycles. The monoisotopic (exact) mass is 590 g/mol. The van der Waals surface area contributed by atoms with Crippen molar-refractivity contribution >= 4 is 28.6 Å². The van der Waals surface area contributed by atoms with E-state index in [1.54, 1.807) is 11.3 Å². The molecule has 2 atom stereocenters. The van der Waals surface area contributed by atoms with Crippen molar-refractivity contribution in [2.45, 2.75) is 44.2 Å². The zero-order chi connectivity index (χ0) is 28.5. The molecule has 0 unspecified atom stereocenters. The number of thiazole rings is 2. The molecule has 2 aliphatic rings. The minimum absolute atomic E-state index is 0.0754. The van der Waals surface area contributed by atoms with Crippen molar-refractivity contribution in [2.24, 2.45) is 0 Å². The van der Waals surface area contributed by atoms with E-state index >= 15 is 0 Å². The predicted molar refractivity (Wildman–Crippen MR) is 173 cm³/mol. The predicted octanol–water partition coefficient (Wildman–Crippen LogP) is 8.27. The second kappa shape index (κ2) is 11.9. The summed E-state index contributed by atoms with van der Waals surface area (Å²) >= 11 is 3.53. The first kappa shape index (κ1) is 27.2. The van der Waals surface area contributed by atoms with Crippen molar-refractivity contribution in [2.75, 3.05) is 20.1 Å². The number of amides is 1. The Labute approximate surface area is 255 Å². The van der Waals surface area contributed by atoms with Crippen molar-refractivity contribution in [1.29, 1.82) is 0 Å². The SMILES string of the molecule is CN1CCC[C@@H]1c1ncc(-c2ccc(-c3ccc(-c4cnc([C@H]5CCCN5C(=O)Cc5ccccc5)s4)cc3)cc2)s1. The summed E-state index contributed by atoms with van der Waals surface area (Å²) in [6.07, 6.45) is 8.90. The zero-order valence-corrected chi connectivity index (χ0v) is 25.4. The third-order valence-electron chi connectivity index (χ3n) is 8.58. The van der Waals surface area contributed by atoms with Crippen LogP contribution >= 0.6 is 22.7 Å². The minimum Gasteiger partial charge on any atom is -0.333 e. The minimum atomic E-state index is 0.0754. The van der Waals surface area contributed by atoms with Gasteiger partial charge >= 0.3 is 0 Å². The van der Waals surface area contributed by atoms with Crippen LogP contribution in [0, 0.1) is 0 Å². The van der Waals surface area contributed by atoms with Crippen LogP contribution < -0.4 is 0 Å². The molecule has 7 rings (SSSR count). The Hall–Kier alpha value is -3.65. The van der Waals surface area contributed by atoms with E-state index in [4.69, 9.17) is 9.97 Å². The van der Waals surface area contributed by atoms with Crippen molar-refractivity contribution in [3.8, 4) is 32.0 Å². The fourth-order valence-corrected chi connectivity index (χ4v) is 8.42. The molecule has 2 aliphatic heterocycles. The molecule has 3 aromatic carbocycles. The smallest absolute Gasteiger partial charge is 0.227 e. The molecular formula is C35H34N4OS2. The maximum absolute atomic E-state index is 13.1. The molecule has 0 radical (unpaired) electrons. The van der Waals surface area contributed by atoms with E-state index in [-0.39, 0.29) is 11.9 Å². The van der Waals surface area contributed by atoms with E-state index in [9.17, 15) is 4.79 Å². The Balaban J connectivity index is 1.02. The van der Waals surface area contributed by atoms with E-state index in [1.165, 1.54) is 39.4 Å². The summed E-state index contributed by atoms with van der Waals surface area (Å²) in [5, 5.41) is 2.27. The maximum Gasteiger partial charge on any atom is 0.227 e. The number of likely N-dealkylation sites (tertiary alicyclic amines) is 2. The number of benzene rings is 3. The highest BCUT2D eigenvalue weighted by Crippen LogP contribution is 2.39. The van der Waals surface area contributed by atoms with E-state index < -0.39 is 0 Å². The van der Waals surface area contributed by atoms with Gasteiger partial charge in [-0.3, -0.25) is 9.69 Å². The number of carbonyl (C=O) groups excluding carboxylic acids is 1. The highest BCUT2D eigenvalue weighted by molar-refractivity contribution is 7.15. The Morgan fingerprint density at radius 2 is 1.24 bits per heavy atom. The lowest BCUT2D eigenvalue weighted by Crippen LogP contribution is -2.31. The van der Waals surface area contributed by atoms with Crippen molar-refractivity contribution < 1.29 is 4.79 Å². The van der Waals surface area contributed by atoms with Gasteiger partial charge in [0.15, 0.2) is 0 Å². The molecule has 2 fully saturated rings. The van der Waals surface area contributed by atoms with Crippen LogP contribution in [0.15, 0.2) is 91.3 Å². The van der Waals surface area contributed by atoms with Crippen molar-refractivity contribution in [3.05, 3.63) is 107 Å². The third kappa shape index (κ3) is 5.56. The average molecular weight is 591 g/mol. The molecule has 2 saturated heterocycles. The Morgan fingerprint density at radius 3 is 1.81 bits per heavy atom. The van der Waals surface area contributed by atoms with Crippen LogP contribution in [0.4, 0.5) is 0 Å². The van der Waals surface area contributed by atoms with Gasteiger partial charge in [0, 0.05) is 18.9 Å². The fraction of sp³-hybridized carbons (Fsp3) is 0.286. The first-order valence-electron chi connectivity index (χ1n) is 14.8. The highest BCUT2D eigenvalue weighted by atomic mass is 32.1. The van der Waals surface area contributed by atoms with Crippen LogP contribution in [0.2, 0.25) is 0 Å². The first-order valence-corrected chi connectivity index (χ1v) is 16.4. The maximum atomic E-state index is 13.1. The molecule has 0 bridgehead atoms. The first-order chi connectivity index (χ1) is 20.6. The molecular weight excluding hydrogens is 557 g/mol. The molecule has 0 N–H and O–H groups in total. The van der Waals surface area contributed by atoms with Gasteiger partial charge < -0.3 is 4.90 Å². The van der Waals surface area contributed by atoms with Gasteiger partial charge in [0.1, 0.15) is 10.0 Å². The Kier molecular flexibility index (Phi) is 7.72. The molecule has 0 spiro atoms. The molecule has 5 nitrogen and oxygen atoms in total. The van der Waals surface area contributed by atoms with Crippen LogP contribution in [-0.4, -0.2) is 45.8 Å². The van der Waals surface area contributed by atoms with Gasteiger partial charge in [-0.25, -0.2) is 9.97 Å². The zero-order valence-electron chi connectivity index (χ0n) is 23.8. The van der Waals surface area contributed by atoms with E-state index in [1.807, 2.05) is 59.0 Å². The summed E-state index contributed by atoms with van der Waals surface area (Å²) in [7, 11) is 2.20. The Morgan fingerprint density at radius 1 is 0.714 bits per heavy atom. The van der Waals surface area contributed by atoms with Crippen molar-refractivity contribution in [1.82, 2.24) is 19.8 Å². The summed E-state index contributed by atoms with van der Waals surface area (Å²) in [6.45, 7) is 1.97. The van der Waals surface area contributed by atoms with Gasteiger partial charge in [-0.1, -0.05) is 78.9 Å². The number of nitrogens with zero attached hydrogens (tertiary/aromatic N) is 4. The second-order valence-electron chi connectivity index (χ2n) is 11.3. The normalized spacial score (nSPS) is 19.0. The summed E-state index contributed by atoms with van der Waals surface area (Å²) in [5.41, 5.74) is 5.84. The lowest BCUT2D eigenvalue weighted by molar-refractivity contribution is -0.131. The molecule has 0 aliphatic carbocycles. The van der Waals surface area contributed by atoms with Crippen LogP contribution in [0.25, 0.3) is 32.0 Å². The van der Waals surface area contributed by atoms with Crippen LogP contribution in [0.1, 0.15) is 53.3 Å². The van der Waals surface area contributed by atoms with E-state index in [0.29, 0.717) is 12.5 Å². The fourth-order valence-electron chi connectivity index (χ4n) is 6.22. The number of aromatic nitrogens is 2. The highest BCUT2D eigenvalue weighted by Gasteiger charge is 2.32. The number of rotatable bonds is 7. The molecule has 1 amide bonds. The van der Waals surface area contributed by atoms with E-state index in [0.717, 1.165) is 46.9 Å². The summed E-state index contributed by atoms with van der Waals surface area (Å²) < 4.78 is 0. The second-order valence-corrected chi connectivity index (χ2v) is 13.5. The average Bonchev–Trinajstić information content (AvgIpc) is 3.84. The summed E-state index contributed by atoms with van der Waals surface area (Å²) in [6, 6.07) is 28.1. The lowest BCUT2D eigenvalue weighted by atomic mass is 10.0. The number of hydrogen-bond acceptors (Lipinski definition) is 6. The molecule has 5 aromatic rings. The molecule has 4 heterocycles.